The van der Waals surface area contributed by atoms with E-state index in [2.05, 4.69) is 10.4 Å². The number of hydrogen-bond acceptors (Lipinski definition) is 4. The average Bonchev–Trinajstić information content (AvgIpc) is 3.29. The van der Waals surface area contributed by atoms with Crippen molar-refractivity contribution in [3.63, 3.8) is 0 Å². The van der Waals surface area contributed by atoms with Crippen LogP contribution in [0.25, 0.3) is 11.1 Å². The monoisotopic (exact) mass is 362 g/mol. The van der Waals surface area contributed by atoms with Gasteiger partial charge in [0.2, 0.25) is 5.91 Å². The third-order valence-electron chi connectivity index (χ3n) is 4.36. The highest BCUT2D eigenvalue weighted by Crippen LogP contribution is 2.12. The molecule has 7 heteroatoms. The molecule has 0 saturated carbocycles. The predicted molar refractivity (Wildman–Crippen MR) is 100 cm³/mol. The van der Waals surface area contributed by atoms with E-state index in [1.807, 2.05) is 41.2 Å². The Morgan fingerprint density at radius 3 is 2.63 bits per heavy atom. The van der Waals surface area contributed by atoms with Gasteiger partial charge in [-0.1, -0.05) is 36.4 Å². The molecule has 2 heterocycles. The summed E-state index contributed by atoms with van der Waals surface area (Å²) in [4.78, 5) is 24.4. The SMILES string of the molecule is O=C(Cn1c(=O)oc2ccccc21)NCc1ccccc1Cn1cccn1. The van der Waals surface area contributed by atoms with Crippen molar-refractivity contribution >= 4 is 17.0 Å². The van der Waals surface area contributed by atoms with Crippen molar-refractivity contribution in [1.29, 1.82) is 0 Å². The number of aromatic nitrogens is 3. The first-order chi connectivity index (χ1) is 13.2. The second kappa shape index (κ2) is 7.33. The molecule has 136 valence electrons. The average molecular weight is 362 g/mol. The lowest BCUT2D eigenvalue weighted by molar-refractivity contribution is -0.121. The van der Waals surface area contributed by atoms with Crippen LogP contribution in [0, 0.1) is 0 Å². The first-order valence-corrected chi connectivity index (χ1v) is 8.60. The Morgan fingerprint density at radius 2 is 1.81 bits per heavy atom. The highest BCUT2D eigenvalue weighted by atomic mass is 16.4. The summed E-state index contributed by atoms with van der Waals surface area (Å²) in [5.41, 5.74) is 3.16. The van der Waals surface area contributed by atoms with Crippen molar-refractivity contribution in [2.75, 3.05) is 0 Å². The molecule has 0 spiro atoms. The molecule has 0 atom stereocenters. The molecule has 0 aliphatic carbocycles. The van der Waals surface area contributed by atoms with Crippen molar-refractivity contribution in [2.45, 2.75) is 19.6 Å². The number of carbonyl (C=O) groups excluding carboxylic acids is 1. The summed E-state index contributed by atoms with van der Waals surface area (Å²) in [6.45, 7) is 0.919. The van der Waals surface area contributed by atoms with Crippen LogP contribution in [0.5, 0.6) is 0 Å². The molecule has 0 saturated heterocycles. The maximum atomic E-state index is 12.4. The molecular formula is C20H18N4O3. The molecule has 0 radical (unpaired) electrons. The van der Waals surface area contributed by atoms with Crippen LogP contribution in [-0.4, -0.2) is 20.3 Å². The first kappa shape index (κ1) is 16.8. The van der Waals surface area contributed by atoms with Crippen LogP contribution in [0.15, 0.2) is 76.2 Å². The van der Waals surface area contributed by atoms with Gasteiger partial charge in [-0.3, -0.25) is 14.0 Å². The van der Waals surface area contributed by atoms with Gasteiger partial charge in [0.05, 0.1) is 12.1 Å². The van der Waals surface area contributed by atoms with E-state index in [4.69, 9.17) is 4.42 Å². The van der Waals surface area contributed by atoms with Crippen LogP contribution in [0.2, 0.25) is 0 Å². The van der Waals surface area contributed by atoms with Crippen LogP contribution >= 0.6 is 0 Å². The van der Waals surface area contributed by atoms with Crippen molar-refractivity contribution in [3.8, 4) is 0 Å². The molecule has 4 rings (SSSR count). The number of hydrogen-bond donors (Lipinski definition) is 1. The summed E-state index contributed by atoms with van der Waals surface area (Å²) >= 11 is 0. The smallest absolute Gasteiger partial charge is 0.408 e. The lowest BCUT2D eigenvalue weighted by Crippen LogP contribution is -2.30. The van der Waals surface area contributed by atoms with E-state index in [-0.39, 0.29) is 12.5 Å². The zero-order chi connectivity index (χ0) is 18.6. The van der Waals surface area contributed by atoms with Gasteiger partial charge < -0.3 is 9.73 Å². The zero-order valence-electron chi connectivity index (χ0n) is 14.5. The summed E-state index contributed by atoms with van der Waals surface area (Å²) in [5.74, 6) is -0.789. The number of nitrogens with zero attached hydrogens (tertiary/aromatic N) is 3. The Hall–Kier alpha value is -3.61. The number of benzene rings is 2. The molecule has 2 aromatic carbocycles. The molecule has 1 amide bonds. The van der Waals surface area contributed by atoms with Crippen LogP contribution in [-0.2, 0) is 24.4 Å². The van der Waals surface area contributed by atoms with Crippen molar-refractivity contribution < 1.29 is 9.21 Å². The van der Waals surface area contributed by atoms with E-state index in [1.54, 1.807) is 30.5 Å². The minimum absolute atomic E-state index is 0.0861. The molecule has 0 unspecified atom stereocenters. The summed E-state index contributed by atoms with van der Waals surface area (Å²) in [7, 11) is 0. The number of amides is 1. The molecule has 0 bridgehead atoms. The minimum Gasteiger partial charge on any atom is -0.408 e. The van der Waals surface area contributed by atoms with E-state index in [0.29, 0.717) is 24.2 Å². The molecule has 0 aliphatic rings. The van der Waals surface area contributed by atoms with E-state index in [1.165, 1.54) is 4.57 Å². The number of para-hydroxylation sites is 2. The fourth-order valence-electron chi connectivity index (χ4n) is 3.01. The van der Waals surface area contributed by atoms with Gasteiger partial charge in [-0.05, 0) is 29.3 Å². The van der Waals surface area contributed by atoms with E-state index in [9.17, 15) is 9.59 Å². The molecule has 0 aliphatic heterocycles. The maximum absolute atomic E-state index is 12.4. The summed E-state index contributed by atoms with van der Waals surface area (Å²) in [6.07, 6.45) is 3.63. The van der Waals surface area contributed by atoms with Gasteiger partial charge in [0.1, 0.15) is 6.54 Å². The van der Waals surface area contributed by atoms with Gasteiger partial charge in [0.15, 0.2) is 5.58 Å². The second-order valence-corrected chi connectivity index (χ2v) is 6.17. The highest BCUT2D eigenvalue weighted by Gasteiger charge is 2.12. The van der Waals surface area contributed by atoms with Gasteiger partial charge >= 0.3 is 5.76 Å². The summed E-state index contributed by atoms with van der Waals surface area (Å²) < 4.78 is 8.32. The van der Waals surface area contributed by atoms with E-state index >= 15 is 0 Å². The number of oxazole rings is 1. The van der Waals surface area contributed by atoms with Crippen LogP contribution in [0.3, 0.4) is 0 Å². The summed E-state index contributed by atoms with van der Waals surface area (Å²) in [5, 5.41) is 7.10. The largest absolute Gasteiger partial charge is 0.420 e. The molecule has 1 N–H and O–H groups in total. The highest BCUT2D eigenvalue weighted by molar-refractivity contribution is 5.79. The van der Waals surface area contributed by atoms with Gasteiger partial charge in [-0.2, -0.15) is 5.10 Å². The topological polar surface area (TPSA) is 82.1 Å². The Labute approximate surface area is 154 Å². The molecule has 27 heavy (non-hydrogen) atoms. The lowest BCUT2D eigenvalue weighted by Gasteiger charge is -2.11. The third kappa shape index (κ3) is 3.67. The number of rotatable bonds is 6. The quantitative estimate of drug-likeness (QED) is 0.570. The van der Waals surface area contributed by atoms with Gasteiger partial charge in [0.25, 0.3) is 0 Å². The Bertz CT molecular complexity index is 1130. The van der Waals surface area contributed by atoms with Crippen LogP contribution in [0.4, 0.5) is 0 Å². The van der Waals surface area contributed by atoms with Gasteiger partial charge in [0, 0.05) is 18.9 Å². The van der Waals surface area contributed by atoms with E-state index in [0.717, 1.165) is 11.1 Å². The van der Waals surface area contributed by atoms with Crippen molar-refractivity contribution in [1.82, 2.24) is 19.7 Å². The Morgan fingerprint density at radius 1 is 1.04 bits per heavy atom. The van der Waals surface area contributed by atoms with E-state index < -0.39 is 5.76 Å². The second-order valence-electron chi connectivity index (χ2n) is 6.17. The fourth-order valence-corrected chi connectivity index (χ4v) is 3.01. The zero-order valence-corrected chi connectivity index (χ0v) is 14.5. The maximum Gasteiger partial charge on any atom is 0.420 e. The lowest BCUT2D eigenvalue weighted by atomic mass is 10.1. The van der Waals surface area contributed by atoms with Crippen molar-refractivity contribution in [2.24, 2.45) is 0 Å². The number of fused-ring (bicyclic) bond motifs is 1. The molecule has 2 aromatic heterocycles. The number of carbonyl (C=O) groups is 1. The normalized spacial score (nSPS) is 11.0. The molecule has 7 nitrogen and oxygen atoms in total. The molecule has 0 fully saturated rings. The minimum atomic E-state index is -0.537. The predicted octanol–water partition coefficient (Wildman–Crippen LogP) is 2.16. The first-order valence-electron chi connectivity index (χ1n) is 8.60. The van der Waals surface area contributed by atoms with Crippen LogP contribution < -0.4 is 11.1 Å². The fraction of sp³-hybridized carbons (Fsp3) is 0.150. The number of nitrogens with one attached hydrogen (secondary N) is 1. The molecular weight excluding hydrogens is 344 g/mol. The molecule has 4 aromatic rings. The Kier molecular flexibility index (Phi) is 4.57. The van der Waals surface area contributed by atoms with Gasteiger partial charge in [-0.15, -0.1) is 0 Å². The van der Waals surface area contributed by atoms with Gasteiger partial charge in [-0.25, -0.2) is 4.79 Å². The standard InChI is InChI=1S/C20H18N4O3/c25-19(14-24-17-8-3-4-9-18(17)27-20(24)26)21-12-15-6-1-2-7-16(15)13-23-11-5-10-22-23/h1-11H,12-14H2,(H,21,25). The van der Waals surface area contributed by atoms with Crippen molar-refractivity contribution in [3.05, 3.63) is 88.7 Å². The van der Waals surface area contributed by atoms with Crippen LogP contribution in [0.1, 0.15) is 11.1 Å². The summed E-state index contributed by atoms with van der Waals surface area (Å²) in [6, 6.07) is 16.8. The Balaban J connectivity index is 1.45. The third-order valence-corrected chi connectivity index (χ3v) is 4.36.